The Morgan fingerprint density at radius 2 is 1.95 bits per heavy atom. The molecule has 0 bridgehead atoms. The van der Waals surface area contributed by atoms with Gasteiger partial charge < -0.3 is 11.1 Å². The number of benzene rings is 2. The maximum atomic E-state index is 11.1. The molecule has 0 aromatic heterocycles. The van der Waals surface area contributed by atoms with Crippen molar-refractivity contribution in [3.05, 3.63) is 63.7 Å². The van der Waals surface area contributed by atoms with E-state index < -0.39 is 4.92 Å². The Morgan fingerprint density at radius 1 is 1.21 bits per heavy atom. The molecule has 0 fully saturated rings. The van der Waals surface area contributed by atoms with Gasteiger partial charge >= 0.3 is 0 Å². The van der Waals surface area contributed by atoms with Gasteiger partial charge in [0.2, 0.25) is 0 Å². The van der Waals surface area contributed by atoms with E-state index in [9.17, 15) is 10.1 Å². The number of rotatable bonds is 4. The van der Waals surface area contributed by atoms with Gasteiger partial charge in [0.15, 0.2) is 0 Å². The largest absolute Gasteiger partial charge is 0.350 e. The molecule has 98 valence electrons. The van der Waals surface area contributed by atoms with Crippen molar-refractivity contribution in [1.82, 2.24) is 0 Å². The van der Waals surface area contributed by atoms with E-state index in [0.717, 1.165) is 16.8 Å². The van der Waals surface area contributed by atoms with Crippen LogP contribution in [0.25, 0.3) is 0 Å². The third-order valence-corrected chi connectivity index (χ3v) is 2.91. The van der Waals surface area contributed by atoms with Gasteiger partial charge in [0.25, 0.3) is 5.69 Å². The first-order valence-corrected chi connectivity index (χ1v) is 5.92. The summed E-state index contributed by atoms with van der Waals surface area (Å²) in [5, 5.41) is 14.2. The number of para-hydroxylation sites is 1. The molecule has 0 unspecified atom stereocenters. The molecule has 0 heterocycles. The lowest BCUT2D eigenvalue weighted by Gasteiger charge is -2.10. The topological polar surface area (TPSA) is 81.2 Å². The van der Waals surface area contributed by atoms with Crippen LogP contribution in [-0.2, 0) is 6.54 Å². The van der Waals surface area contributed by atoms with Crippen molar-refractivity contribution in [3.8, 4) is 0 Å². The SMILES string of the molecule is Cc1ccccc1Nc1ccc(CN)cc1[N+](=O)[O-]. The lowest BCUT2D eigenvalue weighted by atomic mass is 10.1. The van der Waals surface area contributed by atoms with Gasteiger partial charge in [0.1, 0.15) is 5.69 Å². The van der Waals surface area contributed by atoms with Crippen LogP contribution in [0, 0.1) is 17.0 Å². The predicted molar refractivity (Wildman–Crippen MR) is 75.4 cm³/mol. The molecule has 5 heteroatoms. The summed E-state index contributed by atoms with van der Waals surface area (Å²) in [4.78, 5) is 10.7. The summed E-state index contributed by atoms with van der Waals surface area (Å²) in [6, 6.07) is 12.6. The normalized spacial score (nSPS) is 10.2. The van der Waals surface area contributed by atoms with E-state index in [0.29, 0.717) is 5.69 Å². The third-order valence-electron chi connectivity index (χ3n) is 2.91. The second-order valence-corrected chi connectivity index (χ2v) is 4.25. The molecule has 0 amide bonds. The molecule has 3 N–H and O–H groups in total. The summed E-state index contributed by atoms with van der Waals surface area (Å²) >= 11 is 0. The van der Waals surface area contributed by atoms with Crippen molar-refractivity contribution in [1.29, 1.82) is 0 Å². The zero-order chi connectivity index (χ0) is 13.8. The van der Waals surface area contributed by atoms with Crippen LogP contribution in [0.15, 0.2) is 42.5 Å². The summed E-state index contributed by atoms with van der Waals surface area (Å²) in [7, 11) is 0. The number of hydrogen-bond acceptors (Lipinski definition) is 4. The van der Waals surface area contributed by atoms with Crippen molar-refractivity contribution < 1.29 is 4.92 Å². The maximum Gasteiger partial charge on any atom is 0.292 e. The van der Waals surface area contributed by atoms with Crippen molar-refractivity contribution in [2.24, 2.45) is 5.73 Å². The van der Waals surface area contributed by atoms with Crippen LogP contribution in [-0.4, -0.2) is 4.92 Å². The first-order valence-electron chi connectivity index (χ1n) is 5.92. The Kier molecular flexibility index (Phi) is 3.77. The molecule has 0 aliphatic heterocycles. The quantitative estimate of drug-likeness (QED) is 0.651. The molecule has 0 aliphatic carbocycles. The minimum absolute atomic E-state index is 0.0335. The molecule has 0 atom stereocenters. The van der Waals surface area contributed by atoms with E-state index in [1.54, 1.807) is 12.1 Å². The molecule has 2 aromatic carbocycles. The van der Waals surface area contributed by atoms with E-state index in [2.05, 4.69) is 5.32 Å². The lowest BCUT2D eigenvalue weighted by Crippen LogP contribution is -2.01. The van der Waals surface area contributed by atoms with Gasteiger partial charge in [-0.15, -0.1) is 0 Å². The number of nitrogens with zero attached hydrogens (tertiary/aromatic N) is 1. The molecule has 0 aliphatic rings. The minimum Gasteiger partial charge on any atom is -0.350 e. The number of anilines is 2. The molecule has 19 heavy (non-hydrogen) atoms. The van der Waals surface area contributed by atoms with Crippen LogP contribution in [0.2, 0.25) is 0 Å². The van der Waals surface area contributed by atoms with Crippen LogP contribution in [0.1, 0.15) is 11.1 Å². The summed E-state index contributed by atoms with van der Waals surface area (Å²) in [6.07, 6.45) is 0. The molecule has 2 rings (SSSR count). The first-order chi connectivity index (χ1) is 9.11. The number of nitrogens with two attached hydrogens (primary N) is 1. The summed E-state index contributed by atoms with van der Waals surface area (Å²) in [6.45, 7) is 2.23. The van der Waals surface area contributed by atoms with Crippen LogP contribution in [0.5, 0.6) is 0 Å². The molecule has 0 saturated carbocycles. The standard InChI is InChI=1S/C14H15N3O2/c1-10-4-2-3-5-12(10)16-13-7-6-11(9-15)8-14(13)17(18)19/h2-8,16H,9,15H2,1H3. The van der Waals surface area contributed by atoms with Crippen LogP contribution < -0.4 is 11.1 Å². The Hall–Kier alpha value is -2.40. The van der Waals surface area contributed by atoms with Gasteiger partial charge in [0, 0.05) is 18.3 Å². The van der Waals surface area contributed by atoms with Crippen LogP contribution >= 0.6 is 0 Å². The Balaban J connectivity index is 2.40. The van der Waals surface area contributed by atoms with E-state index in [1.165, 1.54) is 6.07 Å². The van der Waals surface area contributed by atoms with E-state index in [-0.39, 0.29) is 12.2 Å². The highest BCUT2D eigenvalue weighted by atomic mass is 16.6. The molecule has 0 spiro atoms. The zero-order valence-corrected chi connectivity index (χ0v) is 10.6. The third kappa shape index (κ3) is 2.89. The Labute approximate surface area is 111 Å². The fraction of sp³-hybridized carbons (Fsp3) is 0.143. The van der Waals surface area contributed by atoms with Gasteiger partial charge in [-0.25, -0.2) is 0 Å². The highest BCUT2D eigenvalue weighted by Crippen LogP contribution is 2.29. The minimum atomic E-state index is -0.403. The van der Waals surface area contributed by atoms with E-state index in [1.807, 2.05) is 31.2 Å². The van der Waals surface area contributed by atoms with Crippen molar-refractivity contribution in [2.45, 2.75) is 13.5 Å². The molecule has 0 radical (unpaired) electrons. The summed E-state index contributed by atoms with van der Waals surface area (Å²) in [5.74, 6) is 0. The maximum absolute atomic E-state index is 11.1. The van der Waals surface area contributed by atoms with Gasteiger partial charge in [-0.3, -0.25) is 10.1 Å². The monoisotopic (exact) mass is 257 g/mol. The van der Waals surface area contributed by atoms with Crippen molar-refractivity contribution in [2.75, 3.05) is 5.32 Å². The Bertz CT molecular complexity index is 611. The smallest absolute Gasteiger partial charge is 0.292 e. The van der Waals surface area contributed by atoms with Crippen LogP contribution in [0.4, 0.5) is 17.1 Å². The fourth-order valence-electron chi connectivity index (χ4n) is 1.82. The molecular weight excluding hydrogens is 242 g/mol. The second-order valence-electron chi connectivity index (χ2n) is 4.25. The average molecular weight is 257 g/mol. The van der Waals surface area contributed by atoms with Gasteiger partial charge in [-0.1, -0.05) is 24.3 Å². The number of nitro benzene ring substituents is 1. The number of nitrogens with one attached hydrogen (secondary N) is 1. The summed E-state index contributed by atoms with van der Waals surface area (Å²) < 4.78 is 0. The fourth-order valence-corrected chi connectivity index (χ4v) is 1.82. The molecular formula is C14H15N3O2. The summed E-state index contributed by atoms with van der Waals surface area (Å²) in [5.41, 5.74) is 8.62. The van der Waals surface area contributed by atoms with Gasteiger partial charge in [0.05, 0.1) is 4.92 Å². The van der Waals surface area contributed by atoms with Crippen molar-refractivity contribution in [3.63, 3.8) is 0 Å². The molecule has 2 aromatic rings. The van der Waals surface area contributed by atoms with Crippen LogP contribution in [0.3, 0.4) is 0 Å². The highest BCUT2D eigenvalue weighted by molar-refractivity contribution is 5.71. The predicted octanol–water partition coefficient (Wildman–Crippen LogP) is 3.11. The zero-order valence-electron chi connectivity index (χ0n) is 10.6. The average Bonchev–Trinajstić information content (AvgIpc) is 2.41. The molecule has 5 nitrogen and oxygen atoms in total. The second kappa shape index (κ2) is 5.49. The highest BCUT2D eigenvalue weighted by Gasteiger charge is 2.14. The van der Waals surface area contributed by atoms with E-state index >= 15 is 0 Å². The first kappa shape index (κ1) is 13.0. The molecule has 0 saturated heterocycles. The van der Waals surface area contributed by atoms with E-state index in [4.69, 9.17) is 5.73 Å². The van der Waals surface area contributed by atoms with Gasteiger partial charge in [-0.2, -0.15) is 0 Å². The Morgan fingerprint density at radius 3 is 2.58 bits per heavy atom. The van der Waals surface area contributed by atoms with Crippen molar-refractivity contribution >= 4 is 17.1 Å². The number of aryl methyl sites for hydroxylation is 1. The number of nitro groups is 1. The van der Waals surface area contributed by atoms with Gasteiger partial charge in [-0.05, 0) is 30.2 Å². The number of hydrogen-bond donors (Lipinski definition) is 2. The lowest BCUT2D eigenvalue weighted by molar-refractivity contribution is -0.384.